The number of carboxylic acids is 1. The molecular weight excluding hydrogens is 298 g/mol. The first-order chi connectivity index (χ1) is 9.92. The Morgan fingerprint density at radius 1 is 1.43 bits per heavy atom. The summed E-state index contributed by atoms with van der Waals surface area (Å²) in [6, 6.07) is 5.45. The fourth-order valence-electron chi connectivity index (χ4n) is 1.45. The molecule has 0 saturated carbocycles. The third kappa shape index (κ3) is 6.09. The van der Waals surface area contributed by atoms with Gasteiger partial charge in [-0.3, -0.25) is 9.59 Å². The first kappa shape index (κ1) is 16.7. The van der Waals surface area contributed by atoms with Crippen molar-refractivity contribution in [3.8, 4) is 0 Å². The maximum atomic E-state index is 11.6. The van der Waals surface area contributed by atoms with Crippen LogP contribution < -0.4 is 5.32 Å². The Balaban J connectivity index is 2.65. The van der Waals surface area contributed by atoms with E-state index in [9.17, 15) is 14.4 Å². The van der Waals surface area contributed by atoms with Gasteiger partial charge in [0.15, 0.2) is 0 Å². The fraction of sp³-hybridized carbons (Fsp3) is 0.214. The third-order valence-corrected chi connectivity index (χ3v) is 2.72. The Kier molecular flexibility index (Phi) is 6.42. The second-order valence-corrected chi connectivity index (χ2v) is 4.50. The van der Waals surface area contributed by atoms with Gasteiger partial charge in [-0.05, 0) is 23.8 Å². The summed E-state index contributed by atoms with van der Waals surface area (Å²) in [4.78, 5) is 33.6. The van der Waals surface area contributed by atoms with Crippen molar-refractivity contribution in [1.82, 2.24) is 5.32 Å². The largest absolute Gasteiger partial charge is 0.480 e. The van der Waals surface area contributed by atoms with Gasteiger partial charge < -0.3 is 15.2 Å². The quantitative estimate of drug-likeness (QED) is 0.613. The highest BCUT2D eigenvalue weighted by atomic mass is 35.5. The van der Waals surface area contributed by atoms with Crippen molar-refractivity contribution in [2.45, 2.75) is 12.5 Å². The molecule has 0 spiro atoms. The van der Waals surface area contributed by atoms with Gasteiger partial charge in [0.05, 0.1) is 13.5 Å². The number of aliphatic carboxylic acids is 1. The Morgan fingerprint density at radius 3 is 2.71 bits per heavy atom. The van der Waals surface area contributed by atoms with Gasteiger partial charge >= 0.3 is 11.9 Å². The van der Waals surface area contributed by atoms with Gasteiger partial charge in [-0.1, -0.05) is 23.7 Å². The number of carboxylic acid groups (broad SMARTS) is 1. The molecule has 0 aliphatic heterocycles. The van der Waals surface area contributed by atoms with Crippen molar-refractivity contribution >= 4 is 35.5 Å². The molecule has 1 amide bonds. The van der Waals surface area contributed by atoms with Gasteiger partial charge in [0.1, 0.15) is 6.04 Å². The molecule has 0 radical (unpaired) electrons. The van der Waals surface area contributed by atoms with E-state index < -0.39 is 30.3 Å². The second-order valence-electron chi connectivity index (χ2n) is 4.07. The Labute approximate surface area is 126 Å². The molecule has 112 valence electrons. The zero-order valence-corrected chi connectivity index (χ0v) is 12.0. The summed E-state index contributed by atoms with van der Waals surface area (Å²) >= 11 is 5.80. The molecule has 0 aliphatic rings. The number of rotatable bonds is 6. The van der Waals surface area contributed by atoms with Crippen LogP contribution in [0.4, 0.5) is 0 Å². The van der Waals surface area contributed by atoms with Gasteiger partial charge in [-0.2, -0.15) is 0 Å². The minimum atomic E-state index is -1.34. The number of nitrogens with one attached hydrogen (secondary N) is 1. The molecule has 21 heavy (non-hydrogen) atoms. The summed E-state index contributed by atoms with van der Waals surface area (Å²) in [6.45, 7) is 0. The molecule has 1 aromatic carbocycles. The Bertz CT molecular complexity index is 570. The predicted molar refractivity (Wildman–Crippen MR) is 76.7 cm³/mol. The molecule has 6 nitrogen and oxygen atoms in total. The molecule has 0 saturated heterocycles. The van der Waals surface area contributed by atoms with E-state index in [1.54, 1.807) is 24.3 Å². The van der Waals surface area contributed by atoms with E-state index in [1.807, 2.05) is 0 Å². The van der Waals surface area contributed by atoms with E-state index >= 15 is 0 Å². The van der Waals surface area contributed by atoms with E-state index in [1.165, 1.54) is 12.2 Å². The van der Waals surface area contributed by atoms with Gasteiger partial charge in [0, 0.05) is 11.1 Å². The Morgan fingerprint density at radius 2 is 2.14 bits per heavy atom. The van der Waals surface area contributed by atoms with Crippen LogP contribution in [0, 0.1) is 0 Å². The number of methoxy groups -OCH3 is 1. The maximum absolute atomic E-state index is 11.6. The molecule has 0 aromatic heterocycles. The minimum absolute atomic E-state index is 0.442. The summed E-state index contributed by atoms with van der Waals surface area (Å²) in [6.07, 6.45) is 2.21. The van der Waals surface area contributed by atoms with E-state index in [2.05, 4.69) is 10.1 Å². The van der Waals surface area contributed by atoms with Crippen LogP contribution in [0.2, 0.25) is 5.02 Å². The summed E-state index contributed by atoms with van der Waals surface area (Å²) in [5.41, 5.74) is 0.692. The number of carbonyl (C=O) groups is 3. The standard InChI is InChI=1S/C14H14ClNO5/c1-21-13(18)8-11(14(19)20)16-12(17)6-5-9-3-2-4-10(15)7-9/h2-7,11H,8H2,1H3,(H,16,17)(H,19,20)/t11-/m0/s1. The predicted octanol–water partition coefficient (Wildman–Crippen LogP) is 1.49. The van der Waals surface area contributed by atoms with Crippen molar-refractivity contribution in [3.05, 3.63) is 40.9 Å². The molecule has 1 aromatic rings. The SMILES string of the molecule is COC(=O)C[C@H](NC(=O)C=Cc1cccc(Cl)c1)C(=O)O. The topological polar surface area (TPSA) is 92.7 Å². The average Bonchev–Trinajstić information content (AvgIpc) is 2.44. The fourth-order valence-corrected chi connectivity index (χ4v) is 1.65. The minimum Gasteiger partial charge on any atom is -0.480 e. The lowest BCUT2D eigenvalue weighted by atomic mass is 10.2. The van der Waals surface area contributed by atoms with Crippen LogP contribution in [0.25, 0.3) is 6.08 Å². The van der Waals surface area contributed by atoms with E-state index in [0.29, 0.717) is 10.6 Å². The average molecular weight is 312 g/mol. The van der Waals surface area contributed by atoms with Crippen molar-refractivity contribution in [1.29, 1.82) is 0 Å². The number of hydrogen-bond donors (Lipinski definition) is 2. The molecule has 2 N–H and O–H groups in total. The Hall–Kier alpha value is -2.34. The second kappa shape index (κ2) is 8.06. The van der Waals surface area contributed by atoms with Crippen LogP contribution in [-0.2, 0) is 19.1 Å². The lowest BCUT2D eigenvalue weighted by Gasteiger charge is -2.11. The zero-order chi connectivity index (χ0) is 15.8. The maximum Gasteiger partial charge on any atom is 0.326 e. The van der Waals surface area contributed by atoms with Gasteiger partial charge in [0.2, 0.25) is 5.91 Å². The van der Waals surface area contributed by atoms with Crippen LogP contribution in [0.3, 0.4) is 0 Å². The number of carbonyl (C=O) groups excluding carboxylic acids is 2. The molecule has 0 fully saturated rings. The van der Waals surface area contributed by atoms with Gasteiger partial charge in [-0.15, -0.1) is 0 Å². The van der Waals surface area contributed by atoms with Crippen LogP contribution in [0.5, 0.6) is 0 Å². The van der Waals surface area contributed by atoms with Crippen LogP contribution in [0.1, 0.15) is 12.0 Å². The van der Waals surface area contributed by atoms with Gasteiger partial charge in [0.25, 0.3) is 0 Å². The normalized spacial score (nSPS) is 11.9. The van der Waals surface area contributed by atoms with Crippen molar-refractivity contribution < 1.29 is 24.2 Å². The molecular formula is C14H14ClNO5. The highest BCUT2D eigenvalue weighted by Crippen LogP contribution is 2.11. The highest BCUT2D eigenvalue weighted by Gasteiger charge is 2.22. The molecule has 0 aliphatic carbocycles. The number of benzene rings is 1. The molecule has 1 rings (SSSR count). The number of hydrogen-bond acceptors (Lipinski definition) is 4. The van der Waals surface area contributed by atoms with Gasteiger partial charge in [-0.25, -0.2) is 4.79 Å². The lowest BCUT2D eigenvalue weighted by molar-refractivity contribution is -0.148. The number of ether oxygens (including phenoxy) is 1. The number of amides is 1. The third-order valence-electron chi connectivity index (χ3n) is 2.49. The number of halogens is 1. The summed E-state index contributed by atoms with van der Waals surface area (Å²) < 4.78 is 4.37. The van der Waals surface area contributed by atoms with Crippen LogP contribution in [0.15, 0.2) is 30.3 Å². The van der Waals surface area contributed by atoms with Crippen molar-refractivity contribution in [2.24, 2.45) is 0 Å². The summed E-state index contributed by atoms with van der Waals surface area (Å²) in [5.74, 6) is -2.67. The molecule has 0 bridgehead atoms. The number of esters is 1. The van der Waals surface area contributed by atoms with E-state index in [-0.39, 0.29) is 0 Å². The van der Waals surface area contributed by atoms with E-state index in [4.69, 9.17) is 16.7 Å². The molecule has 0 unspecified atom stereocenters. The van der Waals surface area contributed by atoms with Crippen LogP contribution in [-0.4, -0.2) is 36.1 Å². The smallest absolute Gasteiger partial charge is 0.326 e. The summed E-state index contributed by atoms with van der Waals surface area (Å²) in [5, 5.41) is 11.7. The zero-order valence-electron chi connectivity index (χ0n) is 11.2. The molecule has 0 heterocycles. The van der Waals surface area contributed by atoms with E-state index in [0.717, 1.165) is 7.11 Å². The molecule has 1 atom stereocenters. The first-order valence-corrected chi connectivity index (χ1v) is 6.34. The molecule has 7 heteroatoms. The summed E-state index contributed by atoms with van der Waals surface area (Å²) in [7, 11) is 1.14. The lowest BCUT2D eigenvalue weighted by Crippen LogP contribution is -2.41. The van der Waals surface area contributed by atoms with Crippen molar-refractivity contribution in [2.75, 3.05) is 7.11 Å². The van der Waals surface area contributed by atoms with Crippen LogP contribution >= 0.6 is 11.6 Å². The first-order valence-electron chi connectivity index (χ1n) is 5.96. The monoisotopic (exact) mass is 311 g/mol. The highest BCUT2D eigenvalue weighted by molar-refractivity contribution is 6.30. The van der Waals surface area contributed by atoms with Crippen molar-refractivity contribution in [3.63, 3.8) is 0 Å².